The highest BCUT2D eigenvalue weighted by molar-refractivity contribution is 7.55. The summed E-state index contributed by atoms with van der Waals surface area (Å²) in [4.78, 5) is 23.5. The van der Waals surface area contributed by atoms with E-state index in [4.69, 9.17) is 18.5 Å². The normalized spacial score (nSPS) is 12.3. The smallest absolute Gasteiger partial charge is 0.400 e. The van der Waals surface area contributed by atoms with Gasteiger partial charge in [-0.15, -0.1) is 5.10 Å². The van der Waals surface area contributed by atoms with Crippen molar-refractivity contribution in [3.63, 3.8) is 0 Å². The van der Waals surface area contributed by atoms with E-state index in [-0.39, 0.29) is 37.2 Å². The van der Waals surface area contributed by atoms with Crippen molar-refractivity contribution in [1.82, 2.24) is 15.0 Å². The second kappa shape index (κ2) is 15.2. The summed E-state index contributed by atoms with van der Waals surface area (Å²) in [6.45, 7) is 16.4. The van der Waals surface area contributed by atoms with Gasteiger partial charge in [-0.1, -0.05) is 18.4 Å². The Morgan fingerprint density at radius 2 is 1.50 bits per heavy atom. The number of hydrogen-bond acceptors (Lipinski definition) is 9. The molecule has 1 aromatic heterocycles. The number of nitrogens with zero attached hydrogens (tertiary/aromatic N) is 3. The zero-order chi connectivity index (χ0) is 29.1. The van der Waals surface area contributed by atoms with Gasteiger partial charge in [0, 0.05) is 42.6 Å². The Labute approximate surface area is 223 Å². The van der Waals surface area contributed by atoms with Crippen molar-refractivity contribution < 1.29 is 41.5 Å². The maximum Gasteiger partial charge on any atom is 0.400 e. The second-order valence-corrected chi connectivity index (χ2v) is 11.8. The first-order chi connectivity index (χ1) is 17.6. The molecule has 1 heterocycles. The summed E-state index contributed by atoms with van der Waals surface area (Å²) >= 11 is 0. The lowest BCUT2D eigenvalue weighted by atomic mass is 10.1. The first kappa shape index (κ1) is 33.6. The minimum atomic E-state index is -4.65. The number of hydrogen-bond donors (Lipinski definition) is 0. The number of rotatable bonds is 18. The standard InChI is InChI=1S/C25H40F2N3O7P/c1-17(2)23(31)34-15-21(16-35-24(32)18(3)4)13-22-14-30(29-28-22)12-10-9-11-25(26,27)38(33,36-19(5)6)37-20(7)8/h14,19-21H,1,3,9-13,15-16H2,2,4-8H3. The Kier molecular flexibility index (Phi) is 13.5. The first-order valence-corrected chi connectivity index (χ1v) is 14.0. The van der Waals surface area contributed by atoms with Gasteiger partial charge in [0.25, 0.3) is 0 Å². The first-order valence-electron chi connectivity index (χ1n) is 12.4. The van der Waals surface area contributed by atoms with Gasteiger partial charge in [0.1, 0.15) is 0 Å². The van der Waals surface area contributed by atoms with Gasteiger partial charge in [-0.05, 0) is 54.4 Å². The molecule has 0 aliphatic rings. The number of esters is 2. The van der Waals surface area contributed by atoms with E-state index in [0.717, 1.165) is 0 Å². The van der Waals surface area contributed by atoms with Crippen LogP contribution in [0, 0.1) is 5.92 Å². The summed E-state index contributed by atoms with van der Waals surface area (Å²) in [6, 6.07) is 0. The molecule has 0 fully saturated rings. The number of unbranched alkanes of at least 4 members (excludes halogenated alkanes) is 1. The van der Waals surface area contributed by atoms with E-state index in [1.54, 1.807) is 6.20 Å². The maximum absolute atomic E-state index is 14.8. The zero-order valence-corrected chi connectivity index (χ0v) is 24.0. The largest absolute Gasteiger partial charge is 0.462 e. The fraction of sp³-hybridized carbons (Fsp3) is 0.680. The minimum Gasteiger partial charge on any atom is -0.462 e. The molecule has 10 nitrogen and oxygen atoms in total. The van der Waals surface area contributed by atoms with E-state index in [2.05, 4.69) is 23.5 Å². The number of ether oxygens (including phenoxy) is 2. The van der Waals surface area contributed by atoms with Gasteiger partial charge in [-0.25, -0.2) is 9.59 Å². The van der Waals surface area contributed by atoms with Gasteiger partial charge in [-0.2, -0.15) is 8.78 Å². The van der Waals surface area contributed by atoms with Gasteiger partial charge >= 0.3 is 25.2 Å². The number of aromatic nitrogens is 3. The van der Waals surface area contributed by atoms with Gasteiger partial charge in [-0.3, -0.25) is 9.25 Å². The predicted molar refractivity (Wildman–Crippen MR) is 138 cm³/mol. The Morgan fingerprint density at radius 3 is 1.95 bits per heavy atom. The van der Waals surface area contributed by atoms with Gasteiger partial charge in [0.15, 0.2) is 0 Å². The van der Waals surface area contributed by atoms with Crippen LogP contribution in [0.25, 0.3) is 0 Å². The third-order valence-electron chi connectivity index (χ3n) is 4.90. The molecule has 1 aromatic rings. The zero-order valence-electron chi connectivity index (χ0n) is 23.1. The number of aryl methyl sites for hydroxylation is 1. The van der Waals surface area contributed by atoms with Crippen molar-refractivity contribution >= 4 is 19.5 Å². The molecular weight excluding hydrogens is 523 g/mol. The lowest BCUT2D eigenvalue weighted by Crippen LogP contribution is -2.24. The fourth-order valence-corrected chi connectivity index (χ4v) is 5.02. The Morgan fingerprint density at radius 1 is 1.00 bits per heavy atom. The van der Waals surface area contributed by atoms with Crippen molar-refractivity contribution in [2.24, 2.45) is 5.92 Å². The van der Waals surface area contributed by atoms with Crippen LogP contribution in [-0.4, -0.2) is 58.0 Å². The van der Waals surface area contributed by atoms with Crippen LogP contribution in [-0.2, 0) is 45.6 Å². The van der Waals surface area contributed by atoms with Crippen molar-refractivity contribution in [3.8, 4) is 0 Å². The van der Waals surface area contributed by atoms with Crippen LogP contribution in [0.2, 0.25) is 0 Å². The summed E-state index contributed by atoms with van der Waals surface area (Å²) in [5.74, 6) is -1.53. The SMILES string of the molecule is C=C(C)C(=O)OCC(COC(=O)C(=C)C)Cc1cn(CCCCC(F)(F)P(=O)(OC(C)C)OC(C)C)nn1. The van der Waals surface area contributed by atoms with Crippen LogP contribution in [0.15, 0.2) is 30.5 Å². The molecule has 0 aliphatic carbocycles. The Bertz CT molecular complexity index is 967. The Hall–Kier alpha value is -2.43. The van der Waals surface area contributed by atoms with E-state index in [1.165, 1.54) is 46.2 Å². The highest BCUT2D eigenvalue weighted by Crippen LogP contribution is 2.65. The number of alkyl halides is 2. The summed E-state index contributed by atoms with van der Waals surface area (Å²) in [5, 5.41) is 8.09. The molecule has 0 N–H and O–H groups in total. The van der Waals surface area contributed by atoms with Crippen molar-refractivity contribution in [2.75, 3.05) is 13.2 Å². The second-order valence-electron chi connectivity index (χ2n) is 9.73. The van der Waals surface area contributed by atoms with Crippen molar-refractivity contribution in [1.29, 1.82) is 0 Å². The van der Waals surface area contributed by atoms with Crippen LogP contribution < -0.4 is 0 Å². The molecule has 0 spiro atoms. The molecule has 0 amide bonds. The Balaban J connectivity index is 2.71. The van der Waals surface area contributed by atoms with Crippen LogP contribution in [0.4, 0.5) is 8.78 Å². The molecule has 0 unspecified atom stereocenters. The highest BCUT2D eigenvalue weighted by Gasteiger charge is 2.53. The molecule has 0 atom stereocenters. The van der Waals surface area contributed by atoms with Crippen LogP contribution in [0.1, 0.15) is 66.5 Å². The molecule has 0 aliphatic heterocycles. The number of carbonyl (C=O) groups excluding carboxylic acids is 2. The fourth-order valence-electron chi connectivity index (χ4n) is 3.12. The molecule has 0 bridgehead atoms. The van der Waals surface area contributed by atoms with E-state index in [9.17, 15) is 22.9 Å². The van der Waals surface area contributed by atoms with Crippen LogP contribution >= 0.6 is 7.60 Å². The molecule has 38 heavy (non-hydrogen) atoms. The number of carbonyl (C=O) groups is 2. The summed E-state index contributed by atoms with van der Waals surface area (Å²) in [5.41, 5.74) is -2.62. The van der Waals surface area contributed by atoms with Crippen molar-refractivity contribution in [2.45, 2.75) is 91.6 Å². The summed E-state index contributed by atoms with van der Waals surface area (Å²) in [7, 11) is -4.65. The molecule has 0 saturated carbocycles. The van der Waals surface area contributed by atoms with Crippen LogP contribution in [0.5, 0.6) is 0 Å². The van der Waals surface area contributed by atoms with E-state index < -0.39 is 49.7 Å². The molecule has 216 valence electrons. The molecule has 0 saturated heterocycles. The van der Waals surface area contributed by atoms with E-state index in [0.29, 0.717) is 18.7 Å². The number of halogens is 2. The van der Waals surface area contributed by atoms with E-state index in [1.807, 2.05) is 0 Å². The average Bonchev–Trinajstić information content (AvgIpc) is 3.23. The van der Waals surface area contributed by atoms with Crippen LogP contribution in [0.3, 0.4) is 0 Å². The summed E-state index contributed by atoms with van der Waals surface area (Å²) in [6.07, 6.45) is 0.250. The molecule has 0 aromatic carbocycles. The quantitative estimate of drug-likeness (QED) is 0.0990. The lowest BCUT2D eigenvalue weighted by Gasteiger charge is -2.29. The summed E-state index contributed by atoms with van der Waals surface area (Å²) < 4.78 is 64.4. The van der Waals surface area contributed by atoms with Gasteiger partial charge < -0.3 is 18.5 Å². The van der Waals surface area contributed by atoms with Gasteiger partial charge in [0.05, 0.1) is 31.1 Å². The van der Waals surface area contributed by atoms with Gasteiger partial charge in [0.2, 0.25) is 0 Å². The predicted octanol–water partition coefficient (Wildman–Crippen LogP) is 5.48. The lowest BCUT2D eigenvalue weighted by molar-refractivity contribution is -0.144. The molecule has 13 heteroatoms. The van der Waals surface area contributed by atoms with Crippen molar-refractivity contribution in [3.05, 3.63) is 36.2 Å². The highest BCUT2D eigenvalue weighted by atomic mass is 31.2. The topological polar surface area (TPSA) is 119 Å². The molecular formula is C25H40F2N3O7P. The van der Waals surface area contributed by atoms with E-state index >= 15 is 0 Å². The third-order valence-corrected chi connectivity index (χ3v) is 7.32. The molecule has 1 rings (SSSR count). The minimum absolute atomic E-state index is 0.0337. The maximum atomic E-state index is 14.8. The third kappa shape index (κ3) is 11.5. The monoisotopic (exact) mass is 563 g/mol. The molecule has 0 radical (unpaired) electrons. The average molecular weight is 564 g/mol.